The molecule has 5 nitrogen and oxygen atoms in total. The van der Waals surface area contributed by atoms with Gasteiger partial charge in [-0.3, -0.25) is 4.79 Å². The maximum Gasteiger partial charge on any atom is 0.273 e. The van der Waals surface area contributed by atoms with E-state index in [-0.39, 0.29) is 5.91 Å². The minimum Gasteiger partial charge on any atom is -0.497 e. The van der Waals surface area contributed by atoms with Crippen LogP contribution in [0.2, 0.25) is 5.02 Å². The van der Waals surface area contributed by atoms with E-state index in [1.165, 1.54) is 11.3 Å². The van der Waals surface area contributed by atoms with Crippen molar-refractivity contribution >= 4 is 28.8 Å². The average molecular weight is 403 g/mol. The topological polar surface area (TPSA) is 51.7 Å². The Bertz CT molecular complexity index is 894. The lowest BCUT2D eigenvalue weighted by atomic mass is 10.2. The molecule has 0 aliphatic carbocycles. The van der Waals surface area contributed by atoms with Gasteiger partial charge in [-0.15, -0.1) is 11.3 Å². The fourth-order valence-electron chi connectivity index (χ4n) is 2.37. The molecule has 3 aromatic rings. The fourth-order valence-corrected chi connectivity index (χ4v) is 3.29. The lowest BCUT2D eigenvalue weighted by Crippen LogP contribution is -2.31. The zero-order chi connectivity index (χ0) is 19.2. The van der Waals surface area contributed by atoms with Crippen LogP contribution in [-0.4, -0.2) is 43.1 Å². The van der Waals surface area contributed by atoms with E-state index in [1.54, 1.807) is 48.7 Å². The molecule has 140 valence electrons. The summed E-state index contributed by atoms with van der Waals surface area (Å²) < 4.78 is 10.8. The number of benzene rings is 2. The van der Waals surface area contributed by atoms with Gasteiger partial charge >= 0.3 is 0 Å². The number of rotatable bonds is 7. The lowest BCUT2D eigenvalue weighted by Gasteiger charge is -2.16. The van der Waals surface area contributed by atoms with Crippen LogP contribution < -0.4 is 9.47 Å². The van der Waals surface area contributed by atoms with E-state index < -0.39 is 0 Å². The maximum atomic E-state index is 12.6. The summed E-state index contributed by atoms with van der Waals surface area (Å²) in [6.07, 6.45) is 0. The average Bonchev–Trinajstić information content (AvgIpc) is 3.19. The lowest BCUT2D eigenvalue weighted by molar-refractivity contribution is 0.0769. The SMILES string of the molecule is COc1ccc(-c2nc(C(=O)N(C)CCOc3ccc(Cl)cc3)cs2)cc1. The third kappa shape index (κ3) is 4.99. The van der Waals surface area contributed by atoms with E-state index in [4.69, 9.17) is 21.1 Å². The van der Waals surface area contributed by atoms with E-state index >= 15 is 0 Å². The summed E-state index contributed by atoms with van der Waals surface area (Å²) in [6, 6.07) is 14.7. The van der Waals surface area contributed by atoms with Crippen molar-refractivity contribution in [2.45, 2.75) is 0 Å². The number of methoxy groups -OCH3 is 1. The molecule has 2 aromatic carbocycles. The monoisotopic (exact) mass is 402 g/mol. The Kier molecular flexibility index (Phi) is 6.32. The van der Waals surface area contributed by atoms with Crippen molar-refractivity contribution in [2.24, 2.45) is 0 Å². The number of hydrogen-bond acceptors (Lipinski definition) is 5. The van der Waals surface area contributed by atoms with Gasteiger partial charge < -0.3 is 14.4 Å². The van der Waals surface area contributed by atoms with Gasteiger partial charge in [-0.2, -0.15) is 0 Å². The van der Waals surface area contributed by atoms with Crippen molar-refractivity contribution in [2.75, 3.05) is 27.3 Å². The maximum absolute atomic E-state index is 12.6. The Labute approximate surface area is 167 Å². The summed E-state index contributed by atoms with van der Waals surface area (Å²) in [7, 11) is 3.36. The van der Waals surface area contributed by atoms with E-state index in [0.29, 0.717) is 23.9 Å². The molecule has 0 saturated carbocycles. The third-order valence-corrected chi connectivity index (χ3v) is 5.06. The summed E-state index contributed by atoms with van der Waals surface area (Å²) in [5.41, 5.74) is 1.38. The highest BCUT2D eigenvalue weighted by Gasteiger charge is 2.16. The Hall–Kier alpha value is -2.57. The van der Waals surface area contributed by atoms with Crippen LogP contribution in [0, 0.1) is 0 Å². The van der Waals surface area contributed by atoms with E-state index in [9.17, 15) is 4.79 Å². The largest absolute Gasteiger partial charge is 0.497 e. The molecule has 0 atom stereocenters. The van der Waals surface area contributed by atoms with Crippen molar-refractivity contribution in [1.82, 2.24) is 9.88 Å². The van der Waals surface area contributed by atoms with Crippen LogP contribution in [0.5, 0.6) is 11.5 Å². The van der Waals surface area contributed by atoms with E-state index in [1.807, 2.05) is 24.3 Å². The van der Waals surface area contributed by atoms with Crippen LogP contribution in [0.25, 0.3) is 10.6 Å². The fraction of sp³-hybridized carbons (Fsp3) is 0.200. The number of nitrogens with zero attached hydrogens (tertiary/aromatic N) is 2. The molecular weight excluding hydrogens is 384 g/mol. The van der Waals surface area contributed by atoms with E-state index in [2.05, 4.69) is 4.98 Å². The van der Waals surface area contributed by atoms with Gasteiger partial charge in [0.1, 0.15) is 28.8 Å². The van der Waals surface area contributed by atoms with Gasteiger partial charge in [0, 0.05) is 23.0 Å². The van der Waals surface area contributed by atoms with Gasteiger partial charge in [-0.1, -0.05) is 11.6 Å². The summed E-state index contributed by atoms with van der Waals surface area (Å²) >= 11 is 7.29. The molecule has 1 heterocycles. The number of ether oxygens (including phenoxy) is 2. The molecule has 1 amide bonds. The number of likely N-dealkylation sites (N-methyl/N-ethyl adjacent to an activating group) is 1. The molecule has 0 N–H and O–H groups in total. The number of amides is 1. The molecule has 0 fully saturated rings. The van der Waals surface area contributed by atoms with Crippen LogP contribution in [0.15, 0.2) is 53.9 Å². The van der Waals surface area contributed by atoms with Crippen LogP contribution in [0.3, 0.4) is 0 Å². The predicted molar refractivity (Wildman–Crippen MR) is 108 cm³/mol. The Morgan fingerprint density at radius 2 is 1.78 bits per heavy atom. The molecule has 3 rings (SSSR count). The third-order valence-electron chi connectivity index (χ3n) is 3.92. The van der Waals surface area contributed by atoms with Gasteiger partial charge in [0.25, 0.3) is 5.91 Å². The summed E-state index contributed by atoms with van der Waals surface area (Å²) in [4.78, 5) is 18.6. The quantitative estimate of drug-likeness (QED) is 0.578. The normalized spacial score (nSPS) is 10.5. The first kappa shape index (κ1) is 19.2. The number of hydrogen-bond donors (Lipinski definition) is 0. The van der Waals surface area contributed by atoms with Crippen LogP contribution in [0.4, 0.5) is 0 Å². The minimum absolute atomic E-state index is 0.134. The molecule has 0 aliphatic rings. The van der Waals surface area contributed by atoms with Gasteiger partial charge in [0.05, 0.1) is 13.7 Å². The zero-order valence-corrected chi connectivity index (χ0v) is 16.6. The first-order valence-corrected chi connectivity index (χ1v) is 9.56. The van der Waals surface area contributed by atoms with Crippen molar-refractivity contribution in [1.29, 1.82) is 0 Å². The van der Waals surface area contributed by atoms with Crippen molar-refractivity contribution in [3.63, 3.8) is 0 Å². The van der Waals surface area contributed by atoms with Crippen LogP contribution >= 0.6 is 22.9 Å². The van der Waals surface area contributed by atoms with Crippen molar-refractivity contribution < 1.29 is 14.3 Å². The zero-order valence-electron chi connectivity index (χ0n) is 15.0. The molecule has 7 heteroatoms. The summed E-state index contributed by atoms with van der Waals surface area (Å²) in [6.45, 7) is 0.843. The molecule has 0 bridgehead atoms. The molecule has 0 saturated heterocycles. The van der Waals surface area contributed by atoms with Gasteiger partial charge in [0.2, 0.25) is 0 Å². The Morgan fingerprint density at radius 3 is 2.44 bits per heavy atom. The highest BCUT2D eigenvalue weighted by Crippen LogP contribution is 2.26. The second kappa shape index (κ2) is 8.88. The Balaban J connectivity index is 1.56. The number of aromatic nitrogens is 1. The van der Waals surface area contributed by atoms with Crippen molar-refractivity contribution in [3.8, 4) is 22.1 Å². The van der Waals surface area contributed by atoms with Gasteiger partial charge in [-0.05, 0) is 48.5 Å². The Morgan fingerprint density at radius 1 is 1.11 bits per heavy atom. The van der Waals surface area contributed by atoms with Gasteiger partial charge in [0.15, 0.2) is 0 Å². The molecule has 27 heavy (non-hydrogen) atoms. The second-order valence-corrected chi connectivity index (χ2v) is 7.09. The molecule has 0 spiro atoms. The smallest absolute Gasteiger partial charge is 0.273 e. The first-order valence-electron chi connectivity index (χ1n) is 8.30. The summed E-state index contributed by atoms with van der Waals surface area (Å²) in [5.74, 6) is 1.37. The number of carbonyl (C=O) groups is 1. The molecule has 0 radical (unpaired) electrons. The minimum atomic E-state index is -0.134. The standard InChI is InChI=1S/C20H19ClN2O3S/c1-23(11-12-26-17-9-5-15(21)6-10-17)20(24)18-13-27-19(22-18)14-3-7-16(25-2)8-4-14/h3-10,13H,11-12H2,1-2H3. The predicted octanol–water partition coefficient (Wildman–Crippen LogP) is 4.62. The van der Waals surface area contributed by atoms with E-state index in [0.717, 1.165) is 22.1 Å². The second-order valence-electron chi connectivity index (χ2n) is 5.80. The first-order chi connectivity index (χ1) is 13.1. The molecule has 0 aliphatic heterocycles. The van der Waals surface area contributed by atoms with Crippen LogP contribution in [0.1, 0.15) is 10.5 Å². The number of halogens is 1. The number of thiazole rings is 1. The highest BCUT2D eigenvalue weighted by molar-refractivity contribution is 7.13. The highest BCUT2D eigenvalue weighted by atomic mass is 35.5. The molecular formula is C20H19ClN2O3S. The summed E-state index contributed by atoms with van der Waals surface area (Å²) in [5, 5.41) is 3.23. The molecule has 0 unspecified atom stereocenters. The van der Waals surface area contributed by atoms with Crippen LogP contribution in [-0.2, 0) is 0 Å². The number of carbonyl (C=O) groups excluding carboxylic acids is 1. The van der Waals surface area contributed by atoms with Crippen molar-refractivity contribution in [3.05, 3.63) is 64.6 Å². The van der Waals surface area contributed by atoms with Gasteiger partial charge in [-0.25, -0.2) is 4.98 Å². The molecule has 1 aromatic heterocycles.